The summed E-state index contributed by atoms with van der Waals surface area (Å²) in [6.45, 7) is 25.9. The van der Waals surface area contributed by atoms with Crippen molar-refractivity contribution in [3.8, 4) is 11.5 Å². The average Bonchev–Trinajstić information content (AvgIpc) is 3.34. The van der Waals surface area contributed by atoms with E-state index in [1.54, 1.807) is 31.2 Å². The quantitative estimate of drug-likeness (QED) is 0.0468. The molecule has 18 nitrogen and oxygen atoms in total. The van der Waals surface area contributed by atoms with Crippen LogP contribution in [-0.4, -0.2) is 170 Å². The van der Waals surface area contributed by atoms with Crippen molar-refractivity contribution in [2.45, 2.75) is 157 Å². The number of rotatable bonds is 42. The lowest BCUT2D eigenvalue weighted by Gasteiger charge is -2.26. The van der Waals surface area contributed by atoms with E-state index in [1.807, 2.05) is 48.5 Å². The van der Waals surface area contributed by atoms with E-state index < -0.39 is 18.1 Å². The lowest BCUT2D eigenvalue weighted by molar-refractivity contribution is -0.0675. The monoisotopic (exact) mass is 1010 g/mol. The maximum Gasteiger partial charge on any atom is 0.508 e. The fourth-order valence-corrected chi connectivity index (χ4v) is 6.75. The van der Waals surface area contributed by atoms with Crippen LogP contribution in [0.15, 0.2) is 48.5 Å². The molecule has 2 aromatic carbocycles. The topological polar surface area (TPSA) is 212 Å². The second-order valence-corrected chi connectivity index (χ2v) is 17.0. The predicted octanol–water partition coefficient (Wildman–Crippen LogP) is 9.32. The van der Waals surface area contributed by atoms with Crippen LogP contribution in [0.2, 0.25) is 0 Å². The Hall–Kier alpha value is -4.11. The molecule has 0 bridgehead atoms. The molecule has 0 radical (unpaired) electrons. The summed E-state index contributed by atoms with van der Waals surface area (Å²) in [7, 11) is 0. The molecule has 0 heterocycles. The van der Waals surface area contributed by atoms with E-state index >= 15 is 0 Å². The number of hydrogen-bond donors (Lipinski definition) is 2. The minimum atomic E-state index is -0.978. The molecule has 6 atom stereocenters. The summed E-state index contributed by atoms with van der Waals surface area (Å²) in [6.07, 6.45) is 3.88. The molecule has 71 heavy (non-hydrogen) atoms. The highest BCUT2D eigenvalue weighted by Gasteiger charge is 2.22. The summed E-state index contributed by atoms with van der Waals surface area (Å²) in [4.78, 5) is 33.3. The fraction of sp³-hybridized carbons (Fsp3) is 0.717. The third-order valence-electron chi connectivity index (χ3n) is 10.3. The van der Waals surface area contributed by atoms with Gasteiger partial charge in [-0.25, -0.2) is 14.4 Å². The van der Waals surface area contributed by atoms with Gasteiger partial charge in [0.05, 0.1) is 126 Å². The largest absolute Gasteiger partial charge is 0.508 e. The molecular weight excluding hydrogens is 925 g/mol. The summed E-state index contributed by atoms with van der Waals surface area (Å²) >= 11 is 0. The van der Waals surface area contributed by atoms with Gasteiger partial charge in [0.1, 0.15) is 31.3 Å². The SMILES string of the molecule is CCOC(=O)OCCOC(CC(C)OCCOC(C)C)CC(CC)OCCOc1ccc(C(=O)O)cc1.CCOCCOC(CC(C)OCCOC(C)C)CC(CC)OCCOc1ccc(C(=O)O)cc1. The van der Waals surface area contributed by atoms with Crippen LogP contribution in [0.1, 0.15) is 128 Å². The molecule has 0 aromatic heterocycles. The van der Waals surface area contributed by atoms with Crippen LogP contribution in [0.3, 0.4) is 0 Å². The highest BCUT2D eigenvalue weighted by Crippen LogP contribution is 2.19. The van der Waals surface area contributed by atoms with Crippen LogP contribution < -0.4 is 9.47 Å². The Kier molecular flexibility index (Phi) is 37.8. The molecular formula is C53H88O18. The number of hydrogen-bond acceptors (Lipinski definition) is 16. The van der Waals surface area contributed by atoms with Gasteiger partial charge >= 0.3 is 18.1 Å². The first kappa shape index (κ1) is 64.9. The number of carbonyl (C=O) groups excluding carboxylic acids is 1. The molecule has 2 N–H and O–H groups in total. The van der Waals surface area contributed by atoms with Crippen LogP contribution >= 0.6 is 0 Å². The molecule has 0 amide bonds. The minimum absolute atomic E-state index is 0.00379. The van der Waals surface area contributed by atoms with Crippen LogP contribution in [0.5, 0.6) is 11.5 Å². The van der Waals surface area contributed by atoms with Crippen molar-refractivity contribution in [3.05, 3.63) is 59.7 Å². The summed E-state index contributed by atoms with van der Waals surface area (Å²) < 4.78 is 73.5. The van der Waals surface area contributed by atoms with E-state index in [4.69, 9.17) is 71.8 Å². The highest BCUT2D eigenvalue weighted by molar-refractivity contribution is 5.88. The molecule has 408 valence electrons. The molecule has 0 saturated heterocycles. The highest BCUT2D eigenvalue weighted by atomic mass is 16.7. The van der Waals surface area contributed by atoms with E-state index in [1.165, 1.54) is 24.3 Å². The second-order valence-electron chi connectivity index (χ2n) is 17.0. The Morgan fingerprint density at radius 1 is 0.408 bits per heavy atom. The zero-order valence-electron chi connectivity index (χ0n) is 44.3. The van der Waals surface area contributed by atoms with Crippen molar-refractivity contribution in [1.29, 1.82) is 0 Å². The van der Waals surface area contributed by atoms with Gasteiger partial charge in [-0.2, -0.15) is 0 Å². The smallest absolute Gasteiger partial charge is 0.491 e. The maximum absolute atomic E-state index is 11.4. The number of aromatic carboxylic acids is 2. The van der Waals surface area contributed by atoms with Crippen LogP contribution in [0.25, 0.3) is 0 Å². The van der Waals surface area contributed by atoms with E-state index in [2.05, 4.69) is 13.8 Å². The zero-order chi connectivity index (χ0) is 52.7. The van der Waals surface area contributed by atoms with Gasteiger partial charge in [0.2, 0.25) is 0 Å². The van der Waals surface area contributed by atoms with Gasteiger partial charge in [0, 0.05) is 6.61 Å². The average molecular weight is 1010 g/mol. The summed E-state index contributed by atoms with van der Waals surface area (Å²) in [5.74, 6) is -0.737. The first-order valence-electron chi connectivity index (χ1n) is 25.3. The second kappa shape index (κ2) is 41.4. The maximum atomic E-state index is 11.4. The standard InChI is InChI=1S/C27H44O10.C26H44O8/c1-6-23(34-14-15-35-24-10-8-22(9-11-24)26(28)29)19-25(36-16-17-37-27(30)31-7-2)18-21(5)33-13-12-32-20(3)4;1-6-23(32-16-17-33-24-10-8-22(9-11-24)26(27)28)19-25(34-13-12-29-7-2)18-21(5)31-15-14-30-20(3)4/h8-11,20-21,23,25H,6-7,12-19H2,1-5H3,(H,28,29);8-11,20-21,23,25H,6-7,12-19H2,1-5H3,(H,27,28). The third kappa shape index (κ3) is 34.8. The van der Waals surface area contributed by atoms with Crippen LogP contribution in [-0.2, 0) is 52.1 Å². The van der Waals surface area contributed by atoms with Gasteiger partial charge in [-0.05, 0) is 142 Å². The molecule has 6 unspecified atom stereocenters. The van der Waals surface area contributed by atoms with Crippen molar-refractivity contribution < 1.29 is 86.2 Å². The van der Waals surface area contributed by atoms with E-state index in [0.29, 0.717) is 97.0 Å². The molecule has 0 aliphatic carbocycles. The minimum Gasteiger partial charge on any atom is -0.491 e. The zero-order valence-corrected chi connectivity index (χ0v) is 44.3. The Labute approximate surface area is 423 Å². The predicted molar refractivity (Wildman–Crippen MR) is 268 cm³/mol. The summed E-state index contributed by atoms with van der Waals surface area (Å²) in [6, 6.07) is 12.6. The first-order chi connectivity index (χ1) is 34.1. The van der Waals surface area contributed by atoms with Crippen LogP contribution in [0, 0.1) is 0 Å². The Balaban J connectivity index is 0.000000713. The van der Waals surface area contributed by atoms with Crippen molar-refractivity contribution in [2.75, 3.05) is 92.5 Å². The number of carboxylic acid groups (broad SMARTS) is 2. The van der Waals surface area contributed by atoms with E-state index in [0.717, 1.165) is 25.7 Å². The van der Waals surface area contributed by atoms with Crippen molar-refractivity contribution >= 4 is 18.1 Å². The number of carbonyl (C=O) groups is 3. The van der Waals surface area contributed by atoms with Gasteiger partial charge < -0.3 is 71.8 Å². The molecule has 0 aliphatic rings. The molecule has 2 aromatic rings. The molecule has 0 saturated carbocycles. The first-order valence-corrected chi connectivity index (χ1v) is 25.3. The lowest BCUT2D eigenvalue weighted by atomic mass is 10.0. The van der Waals surface area contributed by atoms with Crippen molar-refractivity contribution in [3.63, 3.8) is 0 Å². The summed E-state index contributed by atoms with van der Waals surface area (Å²) in [5.41, 5.74) is 0.440. The van der Waals surface area contributed by atoms with Gasteiger partial charge in [0.25, 0.3) is 0 Å². The van der Waals surface area contributed by atoms with E-state index in [9.17, 15) is 14.4 Å². The molecule has 0 spiro atoms. The van der Waals surface area contributed by atoms with Crippen molar-refractivity contribution in [1.82, 2.24) is 0 Å². The van der Waals surface area contributed by atoms with Gasteiger partial charge in [0.15, 0.2) is 0 Å². The Morgan fingerprint density at radius 3 is 1.14 bits per heavy atom. The van der Waals surface area contributed by atoms with Gasteiger partial charge in [-0.1, -0.05) is 13.8 Å². The van der Waals surface area contributed by atoms with Gasteiger partial charge in [-0.15, -0.1) is 0 Å². The lowest BCUT2D eigenvalue weighted by Crippen LogP contribution is -2.29. The summed E-state index contributed by atoms with van der Waals surface area (Å²) in [5, 5.41) is 17.9. The van der Waals surface area contributed by atoms with Gasteiger partial charge in [-0.3, -0.25) is 0 Å². The number of carboxylic acids is 2. The number of ether oxygens (including phenoxy) is 13. The Bertz CT molecular complexity index is 1610. The fourth-order valence-electron chi connectivity index (χ4n) is 6.75. The third-order valence-corrected chi connectivity index (χ3v) is 10.3. The molecule has 18 heteroatoms. The number of benzene rings is 2. The molecule has 2 rings (SSSR count). The van der Waals surface area contributed by atoms with E-state index in [-0.39, 0.29) is 79.8 Å². The molecule has 0 fully saturated rings. The van der Waals surface area contributed by atoms with Crippen LogP contribution in [0.4, 0.5) is 4.79 Å². The Morgan fingerprint density at radius 2 is 0.775 bits per heavy atom. The van der Waals surface area contributed by atoms with Crippen molar-refractivity contribution in [2.24, 2.45) is 0 Å². The molecule has 0 aliphatic heterocycles. The normalized spacial score (nSPS) is 13.9.